The van der Waals surface area contributed by atoms with Crippen LogP contribution >= 0.6 is 0 Å². The quantitative estimate of drug-likeness (QED) is 0.787. The molecule has 0 aliphatic rings. The molecule has 2 aromatic heterocycles. The van der Waals surface area contributed by atoms with Crippen LogP contribution in [0.3, 0.4) is 0 Å². The first-order valence-corrected chi connectivity index (χ1v) is 6.39. The molecule has 0 saturated heterocycles. The number of amides is 1. The molecule has 0 fully saturated rings. The topological polar surface area (TPSA) is 90.6 Å². The molecule has 0 atom stereocenters. The van der Waals surface area contributed by atoms with Gasteiger partial charge < -0.3 is 10.3 Å². The second-order valence-electron chi connectivity index (χ2n) is 4.93. The third kappa shape index (κ3) is 2.64. The molecule has 0 unspecified atom stereocenters. The Hall–Kier alpha value is -2.37. The van der Waals surface area contributed by atoms with Gasteiger partial charge in [0, 0.05) is 23.5 Å². The number of nitrogens with one attached hydrogen (secondary N) is 3. The van der Waals surface area contributed by atoms with E-state index in [0.717, 1.165) is 22.6 Å². The van der Waals surface area contributed by atoms with Crippen molar-refractivity contribution in [2.24, 2.45) is 0 Å². The number of pyridine rings is 1. The Morgan fingerprint density at radius 3 is 2.55 bits per heavy atom. The van der Waals surface area contributed by atoms with Gasteiger partial charge in [0.25, 0.3) is 11.5 Å². The highest BCUT2D eigenvalue weighted by Crippen LogP contribution is 2.09. The van der Waals surface area contributed by atoms with Gasteiger partial charge in [-0.15, -0.1) is 0 Å². The normalized spacial score (nSPS) is 10.6. The van der Waals surface area contributed by atoms with Crippen molar-refractivity contribution in [1.29, 1.82) is 0 Å². The van der Waals surface area contributed by atoms with Crippen LogP contribution < -0.4 is 10.9 Å². The van der Waals surface area contributed by atoms with Crippen molar-refractivity contribution in [2.45, 2.75) is 34.2 Å². The minimum absolute atomic E-state index is 0.161. The summed E-state index contributed by atoms with van der Waals surface area (Å²) in [6.07, 6.45) is 0. The lowest BCUT2D eigenvalue weighted by Crippen LogP contribution is -2.31. The summed E-state index contributed by atoms with van der Waals surface area (Å²) in [5.74, 6) is -0.372. The van der Waals surface area contributed by atoms with Gasteiger partial charge in [0.2, 0.25) is 0 Å². The molecule has 3 N–H and O–H groups in total. The molecule has 2 heterocycles. The van der Waals surface area contributed by atoms with Crippen LogP contribution in [0.15, 0.2) is 10.9 Å². The molecule has 0 radical (unpaired) electrons. The second kappa shape index (κ2) is 5.32. The van der Waals surface area contributed by atoms with Gasteiger partial charge in [-0.2, -0.15) is 5.10 Å². The van der Waals surface area contributed by atoms with Crippen LogP contribution in [0.2, 0.25) is 0 Å². The van der Waals surface area contributed by atoms with Crippen molar-refractivity contribution in [1.82, 2.24) is 20.5 Å². The van der Waals surface area contributed by atoms with Crippen LogP contribution in [0.25, 0.3) is 0 Å². The molecule has 1 amide bonds. The Labute approximate surface area is 116 Å². The van der Waals surface area contributed by atoms with Gasteiger partial charge in [-0.3, -0.25) is 14.7 Å². The molecule has 2 rings (SSSR count). The van der Waals surface area contributed by atoms with E-state index in [-0.39, 0.29) is 17.0 Å². The Kier molecular flexibility index (Phi) is 3.74. The molecular weight excluding hydrogens is 256 g/mol. The van der Waals surface area contributed by atoms with Crippen LogP contribution in [-0.4, -0.2) is 21.1 Å². The van der Waals surface area contributed by atoms with E-state index in [1.54, 1.807) is 19.9 Å². The third-order valence-corrected chi connectivity index (χ3v) is 3.30. The molecule has 106 valence electrons. The van der Waals surface area contributed by atoms with Gasteiger partial charge in [0.05, 0.1) is 5.69 Å². The summed E-state index contributed by atoms with van der Waals surface area (Å²) in [6.45, 7) is 7.65. The minimum Gasteiger partial charge on any atom is -0.348 e. The minimum atomic E-state index is -0.372. The van der Waals surface area contributed by atoms with Gasteiger partial charge in [-0.1, -0.05) is 0 Å². The first-order valence-electron chi connectivity index (χ1n) is 6.39. The van der Waals surface area contributed by atoms with Crippen LogP contribution in [0.1, 0.15) is 38.6 Å². The average Bonchev–Trinajstić information content (AvgIpc) is 2.65. The van der Waals surface area contributed by atoms with E-state index < -0.39 is 0 Å². The zero-order chi connectivity index (χ0) is 14.9. The van der Waals surface area contributed by atoms with Crippen LogP contribution in [0.5, 0.6) is 0 Å². The molecule has 2 aromatic rings. The van der Waals surface area contributed by atoms with Gasteiger partial charge in [0.1, 0.15) is 5.56 Å². The van der Waals surface area contributed by atoms with Crippen molar-refractivity contribution < 1.29 is 4.79 Å². The zero-order valence-electron chi connectivity index (χ0n) is 12.0. The fourth-order valence-corrected chi connectivity index (χ4v) is 2.23. The van der Waals surface area contributed by atoms with E-state index in [2.05, 4.69) is 20.5 Å². The van der Waals surface area contributed by atoms with Crippen LogP contribution in [0, 0.1) is 27.7 Å². The summed E-state index contributed by atoms with van der Waals surface area (Å²) in [5, 5.41) is 9.70. The maximum Gasteiger partial charge on any atom is 0.261 e. The number of H-pyrrole nitrogens is 2. The fraction of sp³-hybridized carbons (Fsp3) is 0.357. The van der Waals surface area contributed by atoms with Crippen molar-refractivity contribution >= 4 is 5.91 Å². The zero-order valence-corrected chi connectivity index (χ0v) is 12.0. The van der Waals surface area contributed by atoms with E-state index in [4.69, 9.17) is 0 Å². The molecule has 0 aliphatic heterocycles. The predicted octanol–water partition coefficient (Wildman–Crippen LogP) is 1.26. The summed E-state index contributed by atoms with van der Waals surface area (Å²) in [7, 11) is 0. The van der Waals surface area contributed by atoms with Crippen LogP contribution in [0.4, 0.5) is 0 Å². The summed E-state index contributed by atoms with van der Waals surface area (Å²) in [5.41, 5.74) is 3.92. The number of hydrogen-bond donors (Lipinski definition) is 3. The highest BCUT2D eigenvalue weighted by molar-refractivity contribution is 5.95. The van der Waals surface area contributed by atoms with E-state index in [1.165, 1.54) is 0 Å². The van der Waals surface area contributed by atoms with Crippen LogP contribution in [-0.2, 0) is 6.54 Å². The Morgan fingerprint density at radius 2 is 2.00 bits per heavy atom. The molecule has 0 bridgehead atoms. The highest BCUT2D eigenvalue weighted by atomic mass is 16.2. The second-order valence-corrected chi connectivity index (χ2v) is 4.93. The third-order valence-electron chi connectivity index (χ3n) is 3.30. The average molecular weight is 274 g/mol. The molecular formula is C14H18N4O2. The maximum atomic E-state index is 12.2. The molecule has 0 saturated carbocycles. The van der Waals surface area contributed by atoms with Gasteiger partial charge in [-0.25, -0.2) is 0 Å². The number of aryl methyl sites for hydroxylation is 4. The first kappa shape index (κ1) is 14.0. The standard InChI is InChI=1S/C14H18N4O2/c1-7-5-8(2)16-14(20)12(7)13(19)15-6-11-9(3)17-18-10(11)4/h5H,6H2,1-4H3,(H,15,19)(H,16,20)(H,17,18). The number of aromatic amines is 2. The van der Waals surface area contributed by atoms with Crippen molar-refractivity contribution in [2.75, 3.05) is 0 Å². The van der Waals surface area contributed by atoms with Gasteiger partial charge >= 0.3 is 0 Å². The number of carbonyl (C=O) groups excluding carboxylic acids is 1. The maximum absolute atomic E-state index is 12.2. The van der Waals surface area contributed by atoms with Gasteiger partial charge in [-0.05, 0) is 39.3 Å². The molecule has 6 nitrogen and oxygen atoms in total. The van der Waals surface area contributed by atoms with E-state index in [0.29, 0.717) is 12.1 Å². The Morgan fingerprint density at radius 1 is 1.30 bits per heavy atom. The molecule has 0 aromatic carbocycles. The smallest absolute Gasteiger partial charge is 0.261 e. The van der Waals surface area contributed by atoms with E-state index in [9.17, 15) is 9.59 Å². The molecule has 6 heteroatoms. The Bertz CT molecular complexity index is 693. The number of hydrogen-bond acceptors (Lipinski definition) is 3. The first-order chi connectivity index (χ1) is 9.40. The summed E-state index contributed by atoms with van der Waals surface area (Å²) < 4.78 is 0. The number of carbonyl (C=O) groups is 1. The lowest BCUT2D eigenvalue weighted by Gasteiger charge is -2.08. The molecule has 20 heavy (non-hydrogen) atoms. The van der Waals surface area contributed by atoms with Gasteiger partial charge in [0.15, 0.2) is 0 Å². The monoisotopic (exact) mass is 274 g/mol. The summed E-state index contributed by atoms with van der Waals surface area (Å²) in [4.78, 5) is 26.7. The molecule has 0 spiro atoms. The highest BCUT2D eigenvalue weighted by Gasteiger charge is 2.15. The summed E-state index contributed by atoms with van der Waals surface area (Å²) >= 11 is 0. The number of aromatic nitrogens is 3. The summed E-state index contributed by atoms with van der Waals surface area (Å²) in [6, 6.07) is 1.78. The molecule has 0 aliphatic carbocycles. The predicted molar refractivity (Wildman–Crippen MR) is 75.8 cm³/mol. The van der Waals surface area contributed by atoms with E-state index >= 15 is 0 Å². The van der Waals surface area contributed by atoms with E-state index in [1.807, 2.05) is 13.8 Å². The fourth-order valence-electron chi connectivity index (χ4n) is 2.23. The number of nitrogens with zero attached hydrogens (tertiary/aromatic N) is 1. The lowest BCUT2D eigenvalue weighted by molar-refractivity contribution is 0.0948. The van der Waals surface area contributed by atoms with Crippen molar-refractivity contribution in [3.8, 4) is 0 Å². The van der Waals surface area contributed by atoms with Crippen molar-refractivity contribution in [3.05, 3.63) is 50.2 Å². The SMILES string of the molecule is Cc1cc(C)c(C(=O)NCc2c(C)n[nH]c2C)c(=O)[nH]1. The number of rotatable bonds is 3. The van der Waals surface area contributed by atoms with Crippen molar-refractivity contribution in [3.63, 3.8) is 0 Å². The largest absolute Gasteiger partial charge is 0.348 e. The Balaban J connectivity index is 2.20. The lowest BCUT2D eigenvalue weighted by atomic mass is 10.1.